The van der Waals surface area contributed by atoms with Gasteiger partial charge in [-0.15, -0.1) is 0 Å². The number of benzene rings is 2. The molecule has 0 spiro atoms. The van der Waals surface area contributed by atoms with Crippen LogP contribution in [0.1, 0.15) is 24.0 Å². The van der Waals surface area contributed by atoms with E-state index in [-0.39, 0.29) is 12.5 Å². The van der Waals surface area contributed by atoms with Crippen molar-refractivity contribution in [3.8, 4) is 5.75 Å². The Morgan fingerprint density at radius 3 is 2.69 bits per heavy atom. The summed E-state index contributed by atoms with van der Waals surface area (Å²) in [6.45, 7) is 3.80. The molecule has 138 valence electrons. The van der Waals surface area contributed by atoms with Gasteiger partial charge < -0.3 is 10.1 Å². The first kappa shape index (κ1) is 19.2. The van der Waals surface area contributed by atoms with Crippen molar-refractivity contribution in [2.24, 2.45) is 0 Å². The van der Waals surface area contributed by atoms with Crippen LogP contribution in [0.25, 0.3) is 0 Å². The van der Waals surface area contributed by atoms with Gasteiger partial charge in [-0.2, -0.15) is 0 Å². The first-order chi connectivity index (χ1) is 12.6. The number of carbonyl (C=O) groups is 1. The fraction of sp³-hybridized carbons (Fsp3) is 0.350. The zero-order chi connectivity index (χ0) is 18.4. The minimum Gasteiger partial charge on any atom is -0.483 e. The summed E-state index contributed by atoms with van der Waals surface area (Å²) in [6.07, 6.45) is 2.58. The predicted octanol–water partition coefficient (Wildman–Crippen LogP) is 4.39. The number of likely N-dealkylation sites (tertiary alicyclic amines) is 1. The van der Waals surface area contributed by atoms with Crippen LogP contribution in [0.4, 0.5) is 0 Å². The highest BCUT2D eigenvalue weighted by Crippen LogP contribution is 2.27. The molecule has 26 heavy (non-hydrogen) atoms. The Morgan fingerprint density at radius 2 is 1.92 bits per heavy atom. The lowest BCUT2D eigenvalue weighted by molar-refractivity contribution is -0.123. The Bertz CT molecular complexity index is 763. The van der Waals surface area contributed by atoms with Gasteiger partial charge in [-0.1, -0.05) is 35.9 Å². The molecule has 1 aliphatic rings. The number of nitrogens with one attached hydrogen (secondary N) is 1. The molecule has 4 nitrogen and oxygen atoms in total. The second kappa shape index (κ2) is 9.40. The third kappa shape index (κ3) is 5.73. The lowest BCUT2D eigenvalue weighted by atomic mass is 10.1. The van der Waals surface area contributed by atoms with Gasteiger partial charge in [0, 0.05) is 18.1 Å². The molecule has 2 aromatic carbocycles. The van der Waals surface area contributed by atoms with Crippen LogP contribution in [0.5, 0.6) is 5.75 Å². The average Bonchev–Trinajstić information content (AvgIpc) is 3.12. The third-order valence-corrected chi connectivity index (χ3v) is 5.19. The van der Waals surface area contributed by atoms with E-state index >= 15 is 0 Å². The summed E-state index contributed by atoms with van der Waals surface area (Å²) < 4.78 is 6.26. The molecule has 1 amide bonds. The number of nitrogens with zero attached hydrogens (tertiary/aromatic N) is 1. The summed E-state index contributed by atoms with van der Waals surface area (Å²) in [7, 11) is 0. The van der Waals surface area contributed by atoms with Crippen molar-refractivity contribution >= 4 is 33.4 Å². The molecule has 1 heterocycles. The minimum atomic E-state index is -0.156. The van der Waals surface area contributed by atoms with Gasteiger partial charge in [-0.25, -0.2) is 0 Å². The van der Waals surface area contributed by atoms with Crippen LogP contribution < -0.4 is 10.1 Å². The summed E-state index contributed by atoms with van der Waals surface area (Å²) in [5.41, 5.74) is 2.39. The van der Waals surface area contributed by atoms with Crippen molar-refractivity contribution in [1.29, 1.82) is 0 Å². The van der Waals surface area contributed by atoms with Gasteiger partial charge in [-0.05, 0) is 71.2 Å². The smallest absolute Gasteiger partial charge is 0.258 e. The maximum Gasteiger partial charge on any atom is 0.258 e. The molecule has 1 aliphatic heterocycles. The molecule has 1 N–H and O–H groups in total. The van der Waals surface area contributed by atoms with Crippen LogP contribution in [-0.4, -0.2) is 30.5 Å². The van der Waals surface area contributed by atoms with Gasteiger partial charge in [0.15, 0.2) is 6.61 Å². The number of hydrogen-bond donors (Lipinski definition) is 1. The van der Waals surface area contributed by atoms with Crippen molar-refractivity contribution in [1.82, 2.24) is 10.2 Å². The molecule has 3 rings (SSSR count). The van der Waals surface area contributed by atoms with E-state index in [1.807, 2.05) is 12.1 Å². The molecule has 0 aromatic heterocycles. The molecule has 1 fully saturated rings. The number of rotatable bonds is 7. The first-order valence-electron chi connectivity index (χ1n) is 8.75. The molecular weight excluding hydrogens is 416 g/mol. The van der Waals surface area contributed by atoms with Gasteiger partial charge >= 0.3 is 0 Å². The van der Waals surface area contributed by atoms with Crippen LogP contribution in [-0.2, 0) is 17.9 Å². The fourth-order valence-corrected chi connectivity index (χ4v) is 3.82. The van der Waals surface area contributed by atoms with E-state index in [4.69, 9.17) is 16.3 Å². The number of amides is 1. The SMILES string of the molecule is O=C(COc1ccc(Cl)cc1Br)NCc1cccc(CN2CCCC2)c1. The maximum atomic E-state index is 12.0. The Morgan fingerprint density at radius 1 is 1.15 bits per heavy atom. The lowest BCUT2D eigenvalue weighted by Gasteiger charge is -2.15. The summed E-state index contributed by atoms with van der Waals surface area (Å²) in [5, 5.41) is 3.52. The Labute approximate surface area is 167 Å². The van der Waals surface area contributed by atoms with Gasteiger partial charge in [0.1, 0.15) is 5.75 Å². The van der Waals surface area contributed by atoms with Crippen molar-refractivity contribution in [3.05, 3.63) is 63.1 Å². The van der Waals surface area contributed by atoms with Crippen LogP contribution >= 0.6 is 27.5 Å². The molecule has 0 radical (unpaired) electrons. The second-order valence-electron chi connectivity index (χ2n) is 6.44. The highest BCUT2D eigenvalue weighted by molar-refractivity contribution is 9.10. The third-order valence-electron chi connectivity index (χ3n) is 4.34. The van der Waals surface area contributed by atoms with Gasteiger partial charge in [0.25, 0.3) is 5.91 Å². The van der Waals surface area contributed by atoms with E-state index < -0.39 is 0 Å². The zero-order valence-electron chi connectivity index (χ0n) is 14.5. The van der Waals surface area contributed by atoms with Crippen LogP contribution in [0, 0.1) is 0 Å². The lowest BCUT2D eigenvalue weighted by Crippen LogP contribution is -2.28. The zero-order valence-corrected chi connectivity index (χ0v) is 16.9. The van der Waals surface area contributed by atoms with E-state index in [1.165, 1.54) is 31.5 Å². The standard InChI is InChI=1S/C20H22BrClN2O2/c21-18-11-17(22)6-7-19(18)26-14-20(25)23-12-15-4-3-5-16(10-15)13-24-8-1-2-9-24/h3-7,10-11H,1-2,8-9,12-14H2,(H,23,25). The highest BCUT2D eigenvalue weighted by Gasteiger charge is 2.12. The van der Waals surface area contributed by atoms with E-state index in [0.717, 1.165) is 16.6 Å². The van der Waals surface area contributed by atoms with Crippen molar-refractivity contribution < 1.29 is 9.53 Å². The second-order valence-corrected chi connectivity index (χ2v) is 7.73. The van der Waals surface area contributed by atoms with E-state index in [0.29, 0.717) is 17.3 Å². The molecule has 0 atom stereocenters. The number of hydrogen-bond acceptors (Lipinski definition) is 3. The Kier molecular flexibility index (Phi) is 6.94. The summed E-state index contributed by atoms with van der Waals surface area (Å²) in [6, 6.07) is 13.6. The Balaban J connectivity index is 1.46. The first-order valence-corrected chi connectivity index (χ1v) is 9.92. The van der Waals surface area contributed by atoms with Crippen molar-refractivity contribution in [3.63, 3.8) is 0 Å². The highest BCUT2D eigenvalue weighted by atomic mass is 79.9. The average molecular weight is 438 g/mol. The van der Waals surface area contributed by atoms with Crippen LogP contribution in [0.2, 0.25) is 5.02 Å². The van der Waals surface area contributed by atoms with Gasteiger partial charge in [0.2, 0.25) is 0 Å². The van der Waals surface area contributed by atoms with Crippen LogP contribution in [0.3, 0.4) is 0 Å². The Hall–Kier alpha value is -1.56. The predicted molar refractivity (Wildman–Crippen MR) is 107 cm³/mol. The quantitative estimate of drug-likeness (QED) is 0.698. The monoisotopic (exact) mass is 436 g/mol. The molecule has 2 aromatic rings. The topological polar surface area (TPSA) is 41.6 Å². The molecular formula is C20H22BrClN2O2. The minimum absolute atomic E-state index is 0.0340. The molecule has 1 saturated heterocycles. The summed E-state index contributed by atoms with van der Waals surface area (Å²) >= 11 is 9.27. The van der Waals surface area contributed by atoms with E-state index in [1.54, 1.807) is 18.2 Å². The normalized spacial score (nSPS) is 14.4. The van der Waals surface area contributed by atoms with Crippen molar-refractivity contribution in [2.75, 3.05) is 19.7 Å². The molecule has 0 aliphatic carbocycles. The summed E-state index contributed by atoms with van der Waals surface area (Å²) in [4.78, 5) is 14.5. The molecule has 0 saturated carbocycles. The maximum absolute atomic E-state index is 12.0. The molecule has 6 heteroatoms. The number of halogens is 2. The van der Waals surface area contributed by atoms with E-state index in [2.05, 4.69) is 38.3 Å². The number of ether oxygens (including phenoxy) is 1. The van der Waals surface area contributed by atoms with E-state index in [9.17, 15) is 4.79 Å². The fourth-order valence-electron chi connectivity index (χ4n) is 3.02. The summed E-state index contributed by atoms with van der Waals surface area (Å²) in [5.74, 6) is 0.439. The number of carbonyl (C=O) groups excluding carboxylic acids is 1. The molecule has 0 bridgehead atoms. The largest absolute Gasteiger partial charge is 0.483 e. The molecule has 0 unspecified atom stereocenters. The van der Waals surface area contributed by atoms with Crippen molar-refractivity contribution in [2.45, 2.75) is 25.9 Å². The van der Waals surface area contributed by atoms with Crippen LogP contribution in [0.15, 0.2) is 46.9 Å². The van der Waals surface area contributed by atoms with Gasteiger partial charge in [0.05, 0.1) is 4.47 Å². The van der Waals surface area contributed by atoms with Gasteiger partial charge in [-0.3, -0.25) is 9.69 Å².